The quantitative estimate of drug-likeness (QED) is 0.335. The molecule has 0 radical (unpaired) electrons. The van der Waals surface area contributed by atoms with Gasteiger partial charge in [0.15, 0.2) is 5.96 Å². The summed E-state index contributed by atoms with van der Waals surface area (Å²) in [4.78, 5) is 15.8. The fourth-order valence-corrected chi connectivity index (χ4v) is 3.79. The summed E-state index contributed by atoms with van der Waals surface area (Å²) < 4.78 is 5.33. The zero-order valence-electron chi connectivity index (χ0n) is 19.5. The predicted octanol–water partition coefficient (Wildman–Crippen LogP) is 4.54. The van der Waals surface area contributed by atoms with E-state index in [0.717, 1.165) is 24.5 Å². The largest absolute Gasteiger partial charge is 0.495 e. The topological polar surface area (TPSA) is 74.8 Å². The maximum Gasteiger partial charge on any atom is 0.221 e. The van der Waals surface area contributed by atoms with Crippen LogP contribution in [-0.4, -0.2) is 32.6 Å². The van der Waals surface area contributed by atoms with Crippen LogP contribution in [0, 0.1) is 0 Å². The summed E-state index contributed by atoms with van der Waals surface area (Å²) in [6.07, 6.45) is 0.934. The summed E-state index contributed by atoms with van der Waals surface area (Å²) in [5, 5.41) is 9.57. The molecule has 3 N–H and O–H groups in total. The van der Waals surface area contributed by atoms with E-state index in [4.69, 9.17) is 4.74 Å². The molecule has 6 nitrogen and oxygen atoms in total. The van der Waals surface area contributed by atoms with Crippen LogP contribution in [0.5, 0.6) is 5.75 Å². The van der Waals surface area contributed by atoms with Crippen molar-refractivity contribution in [2.45, 2.75) is 25.8 Å². The summed E-state index contributed by atoms with van der Waals surface area (Å²) in [5.74, 6) is 1.53. The second-order valence-corrected chi connectivity index (χ2v) is 7.73. The lowest BCUT2D eigenvalue weighted by Gasteiger charge is -2.19. The number of nitrogens with zero attached hydrogens (tertiary/aromatic N) is 1. The van der Waals surface area contributed by atoms with E-state index in [9.17, 15) is 4.79 Å². The highest BCUT2D eigenvalue weighted by Gasteiger charge is 2.14. The van der Waals surface area contributed by atoms with Gasteiger partial charge in [-0.2, -0.15) is 0 Å². The Morgan fingerprint density at radius 3 is 2.12 bits per heavy atom. The Bertz CT molecular complexity index is 1010. The monoisotopic (exact) mass is 444 g/mol. The molecule has 0 unspecified atom stereocenters. The van der Waals surface area contributed by atoms with Crippen molar-refractivity contribution >= 4 is 17.6 Å². The van der Waals surface area contributed by atoms with Crippen molar-refractivity contribution in [1.82, 2.24) is 10.6 Å². The van der Waals surface area contributed by atoms with E-state index >= 15 is 0 Å². The molecule has 0 saturated heterocycles. The molecule has 0 spiro atoms. The SMILES string of the molecule is CN=C(NCCC(c1ccccc1)c1ccccc1)NCc1ccc(OC)c(NC(C)=O)c1. The zero-order chi connectivity index (χ0) is 23.5. The van der Waals surface area contributed by atoms with Crippen molar-refractivity contribution in [3.63, 3.8) is 0 Å². The molecule has 6 heteroatoms. The van der Waals surface area contributed by atoms with E-state index < -0.39 is 0 Å². The van der Waals surface area contributed by atoms with E-state index in [1.165, 1.54) is 18.1 Å². The molecule has 0 aliphatic carbocycles. The summed E-state index contributed by atoms with van der Waals surface area (Å²) in [7, 11) is 3.35. The van der Waals surface area contributed by atoms with Crippen molar-refractivity contribution in [3.8, 4) is 5.75 Å². The molecule has 3 rings (SSSR count). The third-order valence-corrected chi connectivity index (χ3v) is 5.39. The third kappa shape index (κ3) is 7.10. The first-order valence-corrected chi connectivity index (χ1v) is 11.1. The average Bonchev–Trinajstić information content (AvgIpc) is 2.84. The number of carbonyl (C=O) groups excluding carboxylic acids is 1. The smallest absolute Gasteiger partial charge is 0.221 e. The molecule has 3 aromatic rings. The van der Waals surface area contributed by atoms with Gasteiger partial charge in [0, 0.05) is 33.0 Å². The molecule has 0 aliphatic rings. The third-order valence-electron chi connectivity index (χ3n) is 5.39. The van der Waals surface area contributed by atoms with Crippen molar-refractivity contribution in [2.24, 2.45) is 4.99 Å². The number of rotatable bonds is 9. The average molecular weight is 445 g/mol. The standard InChI is InChI=1S/C27H32N4O2/c1-20(32)31-25-18-21(14-15-26(25)33-3)19-30-27(28-2)29-17-16-24(22-10-6-4-7-11-22)23-12-8-5-9-13-23/h4-15,18,24H,16-17,19H2,1-3H3,(H,31,32)(H2,28,29,30). The van der Waals surface area contributed by atoms with Gasteiger partial charge in [0.1, 0.15) is 5.75 Å². The van der Waals surface area contributed by atoms with Crippen molar-refractivity contribution in [2.75, 3.05) is 26.0 Å². The van der Waals surface area contributed by atoms with Crippen LogP contribution in [-0.2, 0) is 11.3 Å². The maximum absolute atomic E-state index is 11.5. The van der Waals surface area contributed by atoms with Crippen LogP contribution in [0.1, 0.15) is 36.0 Å². The predicted molar refractivity (Wildman–Crippen MR) is 135 cm³/mol. The molecule has 3 aromatic carbocycles. The van der Waals surface area contributed by atoms with Gasteiger partial charge in [0.2, 0.25) is 5.91 Å². The molecule has 0 heterocycles. The van der Waals surface area contributed by atoms with Gasteiger partial charge in [-0.15, -0.1) is 0 Å². The Morgan fingerprint density at radius 1 is 0.939 bits per heavy atom. The summed E-state index contributed by atoms with van der Waals surface area (Å²) >= 11 is 0. The van der Waals surface area contributed by atoms with Crippen LogP contribution in [0.4, 0.5) is 5.69 Å². The van der Waals surface area contributed by atoms with Gasteiger partial charge >= 0.3 is 0 Å². The molecule has 0 fully saturated rings. The Labute approximate surface area is 196 Å². The number of amides is 1. The number of carbonyl (C=O) groups is 1. The van der Waals surface area contributed by atoms with Crippen LogP contribution in [0.25, 0.3) is 0 Å². The lowest BCUT2D eigenvalue weighted by Crippen LogP contribution is -2.37. The van der Waals surface area contributed by atoms with Crippen LogP contribution in [0.2, 0.25) is 0 Å². The van der Waals surface area contributed by atoms with Gasteiger partial charge < -0.3 is 20.7 Å². The lowest BCUT2D eigenvalue weighted by molar-refractivity contribution is -0.114. The van der Waals surface area contributed by atoms with E-state index in [1.807, 2.05) is 30.3 Å². The van der Waals surface area contributed by atoms with Crippen LogP contribution in [0.15, 0.2) is 83.9 Å². The van der Waals surface area contributed by atoms with Gasteiger partial charge in [-0.05, 0) is 35.2 Å². The van der Waals surface area contributed by atoms with Gasteiger partial charge in [-0.3, -0.25) is 9.79 Å². The number of ether oxygens (including phenoxy) is 1. The highest BCUT2D eigenvalue weighted by atomic mass is 16.5. The summed E-state index contributed by atoms with van der Waals surface area (Å²) in [5.41, 5.74) is 4.27. The molecular formula is C27H32N4O2. The number of benzene rings is 3. The summed E-state index contributed by atoms with van der Waals surface area (Å²) in [6, 6.07) is 26.9. The van der Waals surface area contributed by atoms with Crippen LogP contribution in [0.3, 0.4) is 0 Å². The number of hydrogen-bond donors (Lipinski definition) is 3. The first-order valence-electron chi connectivity index (χ1n) is 11.1. The Kier molecular flexibility index (Phi) is 8.88. The van der Waals surface area contributed by atoms with E-state index in [2.05, 4.69) is 69.5 Å². The molecule has 0 aliphatic heterocycles. The Hall–Kier alpha value is -3.80. The van der Waals surface area contributed by atoms with Crippen LogP contribution < -0.4 is 20.7 Å². The normalized spacial score (nSPS) is 11.2. The number of hydrogen-bond acceptors (Lipinski definition) is 3. The number of methoxy groups -OCH3 is 1. The number of nitrogens with one attached hydrogen (secondary N) is 3. The number of anilines is 1. The second-order valence-electron chi connectivity index (χ2n) is 7.73. The lowest BCUT2D eigenvalue weighted by atomic mass is 9.88. The fraction of sp³-hybridized carbons (Fsp3) is 0.259. The maximum atomic E-state index is 11.5. The molecule has 0 atom stereocenters. The van der Waals surface area contributed by atoms with Gasteiger partial charge in [0.05, 0.1) is 12.8 Å². The number of aliphatic imine (C=N–C) groups is 1. The minimum absolute atomic E-state index is 0.137. The molecule has 0 saturated carbocycles. The molecular weight excluding hydrogens is 412 g/mol. The minimum atomic E-state index is -0.137. The fourth-order valence-electron chi connectivity index (χ4n) is 3.79. The van der Waals surface area contributed by atoms with Crippen molar-refractivity contribution < 1.29 is 9.53 Å². The van der Waals surface area contributed by atoms with E-state index in [0.29, 0.717) is 23.9 Å². The van der Waals surface area contributed by atoms with Crippen molar-refractivity contribution in [1.29, 1.82) is 0 Å². The molecule has 172 valence electrons. The summed E-state index contributed by atoms with van der Waals surface area (Å²) in [6.45, 7) is 2.82. The van der Waals surface area contributed by atoms with Gasteiger partial charge in [0.25, 0.3) is 0 Å². The second kappa shape index (κ2) is 12.3. The van der Waals surface area contributed by atoms with Gasteiger partial charge in [-0.1, -0.05) is 66.7 Å². The molecule has 0 aromatic heterocycles. The highest BCUT2D eigenvalue weighted by molar-refractivity contribution is 5.90. The van der Waals surface area contributed by atoms with Crippen molar-refractivity contribution in [3.05, 3.63) is 95.6 Å². The zero-order valence-corrected chi connectivity index (χ0v) is 19.5. The molecule has 1 amide bonds. The van der Waals surface area contributed by atoms with Crippen LogP contribution >= 0.6 is 0 Å². The highest BCUT2D eigenvalue weighted by Crippen LogP contribution is 2.27. The Balaban J connectivity index is 1.59. The first kappa shape index (κ1) is 23.9. The first-order chi connectivity index (χ1) is 16.1. The minimum Gasteiger partial charge on any atom is -0.495 e. The van der Waals surface area contributed by atoms with E-state index in [1.54, 1.807) is 14.2 Å². The Morgan fingerprint density at radius 2 is 1.58 bits per heavy atom. The molecule has 33 heavy (non-hydrogen) atoms. The number of guanidine groups is 1. The van der Waals surface area contributed by atoms with E-state index in [-0.39, 0.29) is 5.91 Å². The van der Waals surface area contributed by atoms with Gasteiger partial charge in [-0.25, -0.2) is 0 Å². The molecule has 0 bridgehead atoms.